The van der Waals surface area contributed by atoms with Gasteiger partial charge in [-0.3, -0.25) is 10.1 Å². The molecule has 1 unspecified atom stereocenters. The molecule has 5 nitrogen and oxygen atoms in total. The average molecular weight is 209 g/mol. The number of rotatable bonds is 4. The Morgan fingerprint density at radius 3 is 3.21 bits per heavy atom. The van der Waals surface area contributed by atoms with Crippen LogP contribution in [0.1, 0.15) is 23.7 Å². The molecule has 0 spiro atoms. The lowest BCUT2D eigenvalue weighted by molar-refractivity contribution is 0.567. The summed E-state index contributed by atoms with van der Waals surface area (Å²) in [7, 11) is 0. The van der Waals surface area contributed by atoms with Crippen LogP contribution >= 0.6 is 11.3 Å². The zero-order valence-electron chi connectivity index (χ0n) is 7.77. The maximum atomic E-state index is 4.03. The molecule has 0 fully saturated rings. The van der Waals surface area contributed by atoms with Crippen LogP contribution in [0.15, 0.2) is 18.0 Å². The summed E-state index contributed by atoms with van der Waals surface area (Å²) >= 11 is 1.65. The van der Waals surface area contributed by atoms with E-state index in [0.717, 1.165) is 5.82 Å². The summed E-state index contributed by atoms with van der Waals surface area (Å²) in [5, 5.41) is 9.90. The number of hydrogen-bond acceptors (Lipinski definition) is 5. The van der Waals surface area contributed by atoms with E-state index in [9.17, 15) is 0 Å². The van der Waals surface area contributed by atoms with Crippen molar-refractivity contribution in [3.63, 3.8) is 0 Å². The molecule has 2 aromatic heterocycles. The van der Waals surface area contributed by atoms with Gasteiger partial charge in [-0.05, 0) is 6.92 Å². The van der Waals surface area contributed by atoms with Crippen molar-refractivity contribution in [2.45, 2.75) is 19.5 Å². The van der Waals surface area contributed by atoms with E-state index in [1.807, 2.05) is 11.7 Å². The van der Waals surface area contributed by atoms with Crippen molar-refractivity contribution in [3.8, 4) is 0 Å². The SMILES string of the molecule is CC(NCc1ncn[nH]1)c1cncs1. The second kappa shape index (κ2) is 4.30. The number of hydrogen-bond donors (Lipinski definition) is 2. The standard InChI is InChI=1S/C8H11N5S/c1-6(7-2-9-5-14-7)10-3-8-11-4-12-13-8/h2,4-6,10H,3H2,1H3,(H,11,12,13). The third-order valence-electron chi connectivity index (χ3n) is 1.92. The van der Waals surface area contributed by atoms with Crippen molar-refractivity contribution >= 4 is 11.3 Å². The molecule has 0 amide bonds. The van der Waals surface area contributed by atoms with Crippen molar-refractivity contribution in [2.24, 2.45) is 0 Å². The van der Waals surface area contributed by atoms with E-state index in [2.05, 4.69) is 32.4 Å². The molecule has 0 aliphatic carbocycles. The highest BCUT2D eigenvalue weighted by atomic mass is 32.1. The fourth-order valence-corrected chi connectivity index (χ4v) is 1.76. The quantitative estimate of drug-likeness (QED) is 0.791. The van der Waals surface area contributed by atoms with Crippen molar-refractivity contribution in [1.29, 1.82) is 0 Å². The molecule has 2 rings (SSSR count). The molecular weight excluding hydrogens is 198 g/mol. The Bertz CT molecular complexity index is 355. The maximum Gasteiger partial charge on any atom is 0.138 e. The summed E-state index contributed by atoms with van der Waals surface area (Å²) in [4.78, 5) is 9.29. The Hall–Kier alpha value is -1.27. The van der Waals surface area contributed by atoms with E-state index in [1.165, 1.54) is 11.2 Å². The smallest absolute Gasteiger partial charge is 0.138 e. The van der Waals surface area contributed by atoms with E-state index in [0.29, 0.717) is 12.6 Å². The van der Waals surface area contributed by atoms with Gasteiger partial charge in [-0.1, -0.05) is 0 Å². The van der Waals surface area contributed by atoms with E-state index in [-0.39, 0.29) is 0 Å². The minimum atomic E-state index is 0.299. The molecule has 0 aliphatic rings. The summed E-state index contributed by atoms with van der Waals surface area (Å²) in [6.07, 6.45) is 3.39. The average Bonchev–Trinajstić information content (AvgIpc) is 2.87. The predicted molar refractivity (Wildman–Crippen MR) is 53.8 cm³/mol. The molecule has 6 heteroatoms. The molecule has 0 saturated heterocycles. The van der Waals surface area contributed by atoms with Crippen LogP contribution in [0.25, 0.3) is 0 Å². The van der Waals surface area contributed by atoms with Crippen LogP contribution in [-0.2, 0) is 6.54 Å². The van der Waals surface area contributed by atoms with Crippen LogP contribution in [0.2, 0.25) is 0 Å². The molecule has 0 bridgehead atoms. The summed E-state index contributed by atoms with van der Waals surface area (Å²) in [5.74, 6) is 0.848. The molecule has 0 radical (unpaired) electrons. The number of aromatic amines is 1. The van der Waals surface area contributed by atoms with Gasteiger partial charge in [0.05, 0.1) is 12.1 Å². The van der Waals surface area contributed by atoms with Gasteiger partial charge in [0.15, 0.2) is 0 Å². The molecular formula is C8H11N5S. The minimum absolute atomic E-state index is 0.299. The lowest BCUT2D eigenvalue weighted by atomic mass is 10.3. The fourth-order valence-electron chi connectivity index (χ4n) is 1.11. The van der Waals surface area contributed by atoms with Gasteiger partial charge in [0.2, 0.25) is 0 Å². The van der Waals surface area contributed by atoms with Crippen molar-refractivity contribution in [2.75, 3.05) is 0 Å². The van der Waals surface area contributed by atoms with Gasteiger partial charge in [-0.2, -0.15) is 5.10 Å². The van der Waals surface area contributed by atoms with Gasteiger partial charge in [-0.15, -0.1) is 11.3 Å². The third-order valence-corrected chi connectivity index (χ3v) is 2.88. The first-order chi connectivity index (χ1) is 6.86. The van der Waals surface area contributed by atoms with Crippen LogP contribution in [-0.4, -0.2) is 20.2 Å². The summed E-state index contributed by atoms with van der Waals surface area (Å²) in [5.41, 5.74) is 1.84. The van der Waals surface area contributed by atoms with Crippen molar-refractivity contribution in [1.82, 2.24) is 25.5 Å². The van der Waals surface area contributed by atoms with Crippen LogP contribution in [0, 0.1) is 0 Å². The summed E-state index contributed by atoms with van der Waals surface area (Å²) in [6.45, 7) is 2.79. The molecule has 14 heavy (non-hydrogen) atoms. The molecule has 2 heterocycles. The van der Waals surface area contributed by atoms with E-state index in [4.69, 9.17) is 0 Å². The number of nitrogens with one attached hydrogen (secondary N) is 2. The molecule has 0 saturated carbocycles. The third kappa shape index (κ3) is 2.15. The Morgan fingerprint density at radius 1 is 1.64 bits per heavy atom. The summed E-state index contributed by atoms with van der Waals surface area (Å²) < 4.78 is 0. The monoisotopic (exact) mass is 209 g/mol. The second-order valence-corrected chi connectivity index (χ2v) is 3.86. The van der Waals surface area contributed by atoms with Crippen LogP contribution in [0.5, 0.6) is 0 Å². The Labute approximate surface area is 85.6 Å². The zero-order valence-corrected chi connectivity index (χ0v) is 8.58. The van der Waals surface area contributed by atoms with Gasteiger partial charge < -0.3 is 5.32 Å². The first-order valence-corrected chi connectivity index (χ1v) is 5.20. The molecule has 74 valence electrons. The van der Waals surface area contributed by atoms with Crippen molar-refractivity contribution < 1.29 is 0 Å². The highest BCUT2D eigenvalue weighted by Crippen LogP contribution is 2.16. The van der Waals surface area contributed by atoms with Gasteiger partial charge in [0.25, 0.3) is 0 Å². The van der Waals surface area contributed by atoms with Crippen LogP contribution in [0.3, 0.4) is 0 Å². The minimum Gasteiger partial charge on any atom is -0.302 e. The fraction of sp³-hybridized carbons (Fsp3) is 0.375. The Balaban J connectivity index is 1.87. The first-order valence-electron chi connectivity index (χ1n) is 4.32. The van der Waals surface area contributed by atoms with E-state index in [1.54, 1.807) is 11.3 Å². The van der Waals surface area contributed by atoms with Crippen LogP contribution in [0.4, 0.5) is 0 Å². The highest BCUT2D eigenvalue weighted by molar-refractivity contribution is 7.09. The largest absolute Gasteiger partial charge is 0.302 e. The number of thiazole rings is 1. The zero-order chi connectivity index (χ0) is 9.80. The highest BCUT2D eigenvalue weighted by Gasteiger charge is 2.06. The van der Waals surface area contributed by atoms with Crippen LogP contribution < -0.4 is 5.32 Å². The van der Waals surface area contributed by atoms with E-state index >= 15 is 0 Å². The van der Waals surface area contributed by atoms with Gasteiger partial charge in [0, 0.05) is 17.1 Å². The predicted octanol–water partition coefficient (Wildman–Crippen LogP) is 1.11. The lowest BCUT2D eigenvalue weighted by Gasteiger charge is -2.09. The maximum absolute atomic E-state index is 4.03. The normalized spacial score (nSPS) is 12.9. The molecule has 2 N–H and O–H groups in total. The van der Waals surface area contributed by atoms with Crippen molar-refractivity contribution in [3.05, 3.63) is 28.7 Å². The second-order valence-electron chi connectivity index (χ2n) is 2.94. The van der Waals surface area contributed by atoms with Gasteiger partial charge in [-0.25, -0.2) is 4.98 Å². The molecule has 0 aromatic carbocycles. The first kappa shape index (κ1) is 9.29. The lowest BCUT2D eigenvalue weighted by Crippen LogP contribution is -2.17. The number of H-pyrrole nitrogens is 1. The van der Waals surface area contributed by atoms with Gasteiger partial charge in [0.1, 0.15) is 12.2 Å². The van der Waals surface area contributed by atoms with Gasteiger partial charge >= 0.3 is 0 Å². The topological polar surface area (TPSA) is 66.5 Å². The molecule has 2 aromatic rings. The number of nitrogens with zero attached hydrogens (tertiary/aromatic N) is 3. The Morgan fingerprint density at radius 2 is 2.57 bits per heavy atom. The molecule has 0 aliphatic heterocycles. The number of aromatic nitrogens is 4. The van der Waals surface area contributed by atoms with E-state index < -0.39 is 0 Å². The summed E-state index contributed by atoms with van der Waals surface area (Å²) in [6, 6.07) is 0.299. The Kier molecular flexibility index (Phi) is 2.85. The molecule has 1 atom stereocenters.